The highest BCUT2D eigenvalue weighted by Gasteiger charge is 1.94. The van der Waals surface area contributed by atoms with Gasteiger partial charge in [-0.3, -0.25) is 0 Å². The fourth-order valence-electron chi connectivity index (χ4n) is 0.770. The molecule has 0 aliphatic carbocycles. The van der Waals surface area contributed by atoms with E-state index in [1.54, 1.807) is 0 Å². The highest BCUT2D eigenvalue weighted by molar-refractivity contribution is 7.81. The van der Waals surface area contributed by atoms with Gasteiger partial charge in [0.05, 0.1) is 0 Å². The van der Waals surface area contributed by atoms with Gasteiger partial charge in [0.2, 0.25) is 17.8 Å². The van der Waals surface area contributed by atoms with Crippen molar-refractivity contribution in [3.8, 4) is 0 Å². The monoisotopic (exact) mass is 303 g/mol. The van der Waals surface area contributed by atoms with E-state index in [9.17, 15) is 0 Å². The average molecular weight is 303 g/mol. The molecule has 0 bridgehead atoms. The summed E-state index contributed by atoms with van der Waals surface area (Å²) in [5.41, 5.74) is 15.4. The second-order valence-electron chi connectivity index (χ2n) is 2.65. The summed E-state index contributed by atoms with van der Waals surface area (Å²) >= 11 is 11.6. The molecule has 2 aromatic heterocycles. The summed E-state index contributed by atoms with van der Waals surface area (Å²) in [4.78, 5) is 21.5. The Morgan fingerprint density at radius 1 is 0.500 bits per heavy atom. The Labute approximate surface area is 118 Å². The van der Waals surface area contributed by atoms with E-state index in [1.807, 2.05) is 0 Å². The summed E-state index contributed by atoms with van der Waals surface area (Å²) in [5.74, 6) is 0.125. The smallest absolute Gasteiger partial charge is 0.226 e. The number of nitrogens with two attached hydrogens (primary N) is 3. The molecule has 0 aliphatic rings. The SMILES string of the molecule is Nc1nc(N)nc(N)n1.Sc1nc(S)nc(S)n1. The highest BCUT2D eigenvalue weighted by Crippen LogP contribution is 2.04. The largest absolute Gasteiger partial charge is 0.368 e. The minimum Gasteiger partial charge on any atom is -0.368 e. The number of thiol groups is 3. The fourth-order valence-corrected chi connectivity index (χ4v) is 1.58. The molecule has 96 valence electrons. The van der Waals surface area contributed by atoms with Gasteiger partial charge in [0.1, 0.15) is 0 Å². The Kier molecular flexibility index (Phi) is 5.18. The Balaban J connectivity index is 0.000000180. The molecular weight excluding hydrogens is 294 g/mol. The molecule has 12 heteroatoms. The molecule has 2 rings (SSSR count). The Bertz CT molecular complexity index is 397. The summed E-state index contributed by atoms with van der Waals surface area (Å²) < 4.78 is 0. The minimum atomic E-state index is 0.0417. The number of hydrogen-bond acceptors (Lipinski definition) is 12. The summed E-state index contributed by atoms with van der Waals surface area (Å²) in [7, 11) is 0. The fraction of sp³-hybridized carbons (Fsp3) is 0. The molecule has 0 amide bonds. The van der Waals surface area contributed by atoms with Crippen molar-refractivity contribution in [2.45, 2.75) is 15.5 Å². The van der Waals surface area contributed by atoms with Gasteiger partial charge in [0, 0.05) is 0 Å². The van der Waals surface area contributed by atoms with E-state index >= 15 is 0 Å². The standard InChI is InChI=1S/C3H6N6.C3H3N3S3/c4-1-7-2(5)9-3(6)8-1;7-1-4-2(8)6-3(9)5-1/h(H6,4,5,6,7,8,9);(H3,4,5,6,7,8,9). The average Bonchev–Trinajstić information content (AvgIpc) is 2.12. The van der Waals surface area contributed by atoms with Crippen LogP contribution in [0.15, 0.2) is 15.5 Å². The molecule has 0 saturated heterocycles. The molecule has 2 heterocycles. The van der Waals surface area contributed by atoms with E-state index in [4.69, 9.17) is 17.2 Å². The van der Waals surface area contributed by atoms with Crippen LogP contribution in [0.25, 0.3) is 0 Å². The quantitative estimate of drug-likeness (QED) is 0.348. The number of nitrogens with zero attached hydrogens (tertiary/aromatic N) is 6. The highest BCUT2D eigenvalue weighted by atomic mass is 32.1. The lowest BCUT2D eigenvalue weighted by Crippen LogP contribution is -2.05. The molecule has 0 aromatic carbocycles. The zero-order valence-electron chi connectivity index (χ0n) is 8.76. The van der Waals surface area contributed by atoms with Crippen LogP contribution in [0.1, 0.15) is 0 Å². The number of aromatic nitrogens is 6. The molecule has 0 aliphatic heterocycles. The van der Waals surface area contributed by atoms with Gasteiger partial charge in [0.25, 0.3) is 0 Å². The van der Waals surface area contributed by atoms with Gasteiger partial charge in [-0.05, 0) is 0 Å². The zero-order valence-corrected chi connectivity index (χ0v) is 11.4. The van der Waals surface area contributed by atoms with E-state index in [-0.39, 0.29) is 17.8 Å². The lowest BCUT2D eigenvalue weighted by Gasteiger charge is -1.93. The van der Waals surface area contributed by atoms with Gasteiger partial charge in [-0.1, -0.05) is 0 Å². The molecule has 9 nitrogen and oxygen atoms in total. The third-order valence-corrected chi connectivity index (χ3v) is 1.89. The third-order valence-electron chi connectivity index (χ3n) is 1.29. The predicted octanol–water partition coefficient (Wildman–Crippen LogP) is -0.644. The first-order chi connectivity index (χ1) is 8.36. The van der Waals surface area contributed by atoms with Gasteiger partial charge < -0.3 is 17.2 Å². The van der Waals surface area contributed by atoms with Crippen LogP contribution in [0.2, 0.25) is 0 Å². The molecule has 0 saturated carbocycles. The molecule has 0 spiro atoms. The van der Waals surface area contributed by atoms with Crippen LogP contribution in [0.4, 0.5) is 17.8 Å². The van der Waals surface area contributed by atoms with E-state index in [0.717, 1.165) is 0 Å². The van der Waals surface area contributed by atoms with Crippen LogP contribution in [-0.4, -0.2) is 29.9 Å². The lowest BCUT2D eigenvalue weighted by atomic mass is 10.9. The number of anilines is 3. The molecule has 0 radical (unpaired) electrons. The maximum Gasteiger partial charge on any atom is 0.226 e. The van der Waals surface area contributed by atoms with Crippen LogP contribution >= 0.6 is 37.9 Å². The van der Waals surface area contributed by atoms with Crippen LogP contribution in [0.3, 0.4) is 0 Å². The predicted molar refractivity (Wildman–Crippen MR) is 74.6 cm³/mol. The van der Waals surface area contributed by atoms with Crippen LogP contribution in [0.5, 0.6) is 0 Å². The minimum absolute atomic E-state index is 0.0417. The summed E-state index contributed by atoms with van der Waals surface area (Å²) in [6.07, 6.45) is 0. The number of rotatable bonds is 0. The van der Waals surface area contributed by atoms with E-state index in [1.165, 1.54) is 0 Å². The molecule has 0 atom stereocenters. The molecule has 0 fully saturated rings. The number of hydrogen-bond donors (Lipinski definition) is 6. The van der Waals surface area contributed by atoms with Crippen molar-refractivity contribution in [3.63, 3.8) is 0 Å². The first-order valence-electron chi connectivity index (χ1n) is 4.22. The van der Waals surface area contributed by atoms with Crippen LogP contribution < -0.4 is 17.2 Å². The van der Waals surface area contributed by atoms with E-state index < -0.39 is 0 Å². The molecule has 0 unspecified atom stereocenters. The molecule has 2 aromatic rings. The van der Waals surface area contributed by atoms with Gasteiger partial charge >= 0.3 is 0 Å². The van der Waals surface area contributed by atoms with Crippen molar-refractivity contribution in [3.05, 3.63) is 0 Å². The van der Waals surface area contributed by atoms with Crippen LogP contribution in [-0.2, 0) is 0 Å². The lowest BCUT2D eigenvalue weighted by molar-refractivity contribution is 0.725. The van der Waals surface area contributed by atoms with Crippen LogP contribution in [0, 0.1) is 0 Å². The second-order valence-corrected chi connectivity index (χ2v) is 3.85. The Morgan fingerprint density at radius 3 is 0.944 bits per heavy atom. The van der Waals surface area contributed by atoms with Crippen molar-refractivity contribution in [2.24, 2.45) is 0 Å². The molecular formula is C6H9N9S3. The van der Waals surface area contributed by atoms with Crippen molar-refractivity contribution in [2.75, 3.05) is 17.2 Å². The second kappa shape index (κ2) is 6.42. The Hall–Kier alpha value is -1.53. The maximum absolute atomic E-state index is 5.14. The summed E-state index contributed by atoms with van der Waals surface area (Å²) in [6.45, 7) is 0. The van der Waals surface area contributed by atoms with E-state index in [0.29, 0.717) is 15.5 Å². The molecule has 6 N–H and O–H groups in total. The molecule has 18 heavy (non-hydrogen) atoms. The van der Waals surface area contributed by atoms with Crippen molar-refractivity contribution < 1.29 is 0 Å². The Morgan fingerprint density at radius 2 is 0.722 bits per heavy atom. The third kappa shape index (κ3) is 5.20. The van der Waals surface area contributed by atoms with Gasteiger partial charge in [-0.15, -0.1) is 37.9 Å². The summed E-state index contributed by atoms with van der Waals surface area (Å²) in [5, 5.41) is 1.00. The first-order valence-corrected chi connectivity index (χ1v) is 5.56. The maximum atomic E-state index is 5.14. The van der Waals surface area contributed by atoms with Gasteiger partial charge in [-0.25, -0.2) is 0 Å². The summed E-state index contributed by atoms with van der Waals surface area (Å²) in [6, 6.07) is 0. The number of nitrogen functional groups attached to an aromatic ring is 3. The van der Waals surface area contributed by atoms with Gasteiger partial charge in [-0.2, -0.15) is 29.9 Å². The van der Waals surface area contributed by atoms with Gasteiger partial charge in [0.15, 0.2) is 15.5 Å². The van der Waals surface area contributed by atoms with E-state index in [2.05, 4.69) is 67.8 Å². The van der Waals surface area contributed by atoms with Crippen molar-refractivity contribution in [1.82, 2.24) is 29.9 Å². The normalized spacial score (nSPS) is 9.50. The van der Waals surface area contributed by atoms with Crippen molar-refractivity contribution in [1.29, 1.82) is 0 Å². The zero-order chi connectivity index (χ0) is 13.7. The first kappa shape index (κ1) is 14.5. The van der Waals surface area contributed by atoms with Crippen molar-refractivity contribution >= 4 is 55.7 Å². The topological polar surface area (TPSA) is 155 Å².